The van der Waals surface area contributed by atoms with Crippen LogP contribution in [0.3, 0.4) is 0 Å². The lowest BCUT2D eigenvalue weighted by Crippen LogP contribution is -2.43. The highest BCUT2D eigenvalue weighted by Gasteiger charge is 2.51. The van der Waals surface area contributed by atoms with Gasteiger partial charge in [-0.1, -0.05) is 6.92 Å². The van der Waals surface area contributed by atoms with Crippen molar-refractivity contribution in [2.75, 3.05) is 0 Å². The van der Waals surface area contributed by atoms with E-state index >= 15 is 0 Å². The summed E-state index contributed by atoms with van der Waals surface area (Å²) in [6, 6.07) is 0. The van der Waals surface area contributed by atoms with Crippen LogP contribution in [-0.2, 0) is 6.18 Å². The highest BCUT2D eigenvalue weighted by molar-refractivity contribution is 5.50. The summed E-state index contributed by atoms with van der Waals surface area (Å²) in [5, 5.41) is 0. The van der Waals surface area contributed by atoms with Crippen LogP contribution >= 0.6 is 0 Å². The van der Waals surface area contributed by atoms with Crippen molar-refractivity contribution in [3.63, 3.8) is 0 Å². The Bertz CT molecular complexity index is 622. The molecule has 2 aliphatic rings. The Hall–Kier alpha value is -1.54. The Kier molecular flexibility index (Phi) is 3.53. The van der Waals surface area contributed by atoms with Gasteiger partial charge >= 0.3 is 6.18 Å². The van der Waals surface area contributed by atoms with Crippen LogP contribution in [0, 0.1) is 0 Å². The van der Waals surface area contributed by atoms with E-state index < -0.39 is 71.9 Å². The van der Waals surface area contributed by atoms with Gasteiger partial charge in [0.15, 0.2) is 6.17 Å². The fourth-order valence-electron chi connectivity index (χ4n) is 3.03. The third-order valence-electron chi connectivity index (χ3n) is 4.22. The zero-order chi connectivity index (χ0) is 17.2. The smallest absolute Gasteiger partial charge is 0.433 e. The topological polar surface area (TPSA) is 22.1 Å². The summed E-state index contributed by atoms with van der Waals surface area (Å²) >= 11 is 0. The van der Waals surface area contributed by atoms with Crippen molar-refractivity contribution < 1.29 is 35.5 Å². The quantitative estimate of drug-likeness (QED) is 0.724. The van der Waals surface area contributed by atoms with Crippen LogP contribution in [0.4, 0.5) is 30.7 Å². The highest BCUT2D eigenvalue weighted by Crippen LogP contribution is 2.52. The number of aromatic nitrogens is 1. The molecule has 0 saturated heterocycles. The van der Waals surface area contributed by atoms with Crippen LogP contribution in [0.2, 0.25) is 0 Å². The highest BCUT2D eigenvalue weighted by atomic mass is 19.4. The fourth-order valence-corrected chi connectivity index (χ4v) is 3.03. The lowest BCUT2D eigenvalue weighted by Gasteiger charge is -2.35. The van der Waals surface area contributed by atoms with E-state index in [0.29, 0.717) is 6.20 Å². The summed E-state index contributed by atoms with van der Waals surface area (Å²) < 4.78 is 97.7. The molecule has 0 unspecified atom stereocenters. The van der Waals surface area contributed by atoms with Gasteiger partial charge in [-0.2, -0.15) is 13.2 Å². The van der Waals surface area contributed by atoms with E-state index in [1.165, 1.54) is 0 Å². The maximum absolute atomic E-state index is 14.1. The van der Waals surface area contributed by atoms with Crippen molar-refractivity contribution >= 4 is 0 Å². The zero-order valence-electron chi connectivity index (χ0n) is 11.8. The Labute approximate surface area is 126 Å². The predicted octanol–water partition coefficient (Wildman–Crippen LogP) is 4.74. The van der Waals surface area contributed by atoms with Crippen LogP contribution < -0.4 is 4.74 Å². The monoisotopic (exact) mass is 343 g/mol. The van der Waals surface area contributed by atoms with Gasteiger partial charge in [-0.15, -0.1) is 0 Å². The van der Waals surface area contributed by atoms with Crippen LogP contribution in [0.5, 0.6) is 5.75 Å². The molecule has 1 fully saturated rings. The molecule has 0 amide bonds. The largest absolute Gasteiger partial charge is 0.488 e. The summed E-state index contributed by atoms with van der Waals surface area (Å²) in [4.78, 5) is 3.22. The standard InChI is InChI=1S/C14H12F7NO/c1-5-8-9(11(16)10(5)15)7(4-22-12(8)14(19,20)21)23-6-2-13(17,18)3-6/h4-6,10-11H,2-3H2,1H3/t5-,10-,11+/m0/s1. The number of alkyl halides is 7. The average molecular weight is 343 g/mol. The molecular formula is C14H12F7NO. The maximum Gasteiger partial charge on any atom is 0.433 e. The first-order valence-electron chi connectivity index (χ1n) is 6.94. The lowest BCUT2D eigenvalue weighted by molar-refractivity contribution is -0.142. The minimum atomic E-state index is -4.87. The molecular weight excluding hydrogens is 331 g/mol. The van der Waals surface area contributed by atoms with Crippen molar-refractivity contribution in [1.82, 2.24) is 4.98 Å². The minimum absolute atomic E-state index is 0.395. The molecule has 3 atom stereocenters. The number of halogens is 7. The van der Waals surface area contributed by atoms with Gasteiger partial charge in [0.25, 0.3) is 5.92 Å². The molecule has 1 aromatic rings. The van der Waals surface area contributed by atoms with Gasteiger partial charge in [0, 0.05) is 24.3 Å². The normalized spacial score (nSPS) is 30.0. The van der Waals surface area contributed by atoms with Crippen LogP contribution in [0.15, 0.2) is 6.20 Å². The molecule has 2 aliphatic carbocycles. The first-order chi connectivity index (χ1) is 10.5. The lowest BCUT2D eigenvalue weighted by atomic mass is 9.91. The number of hydrogen-bond donors (Lipinski definition) is 0. The van der Waals surface area contributed by atoms with Crippen LogP contribution in [-0.4, -0.2) is 23.2 Å². The first kappa shape index (κ1) is 16.3. The van der Waals surface area contributed by atoms with E-state index in [-0.39, 0.29) is 0 Å². The summed E-state index contributed by atoms with van der Waals surface area (Å²) in [5.41, 5.74) is -2.53. The van der Waals surface area contributed by atoms with E-state index in [2.05, 4.69) is 4.98 Å². The number of pyridine rings is 1. The van der Waals surface area contributed by atoms with E-state index in [1.807, 2.05) is 0 Å². The second kappa shape index (κ2) is 4.98. The van der Waals surface area contributed by atoms with Gasteiger partial charge in [0.05, 0.1) is 6.20 Å². The third kappa shape index (κ3) is 2.63. The molecule has 1 heterocycles. The van der Waals surface area contributed by atoms with Crippen molar-refractivity contribution in [2.45, 2.75) is 56.2 Å². The zero-order valence-corrected chi connectivity index (χ0v) is 11.8. The SMILES string of the molecule is C[C@H]1c2c(C(F)(F)F)ncc(OC3CC(F)(F)C3)c2[C@@H](F)[C@H]1F. The van der Waals surface area contributed by atoms with Gasteiger partial charge in [0.1, 0.15) is 23.7 Å². The van der Waals surface area contributed by atoms with Crippen LogP contribution in [0.25, 0.3) is 0 Å². The molecule has 1 aromatic heterocycles. The van der Waals surface area contributed by atoms with Gasteiger partial charge in [0.2, 0.25) is 0 Å². The second-order valence-electron chi connectivity index (χ2n) is 5.94. The molecule has 2 nitrogen and oxygen atoms in total. The minimum Gasteiger partial charge on any atom is -0.488 e. The Morgan fingerprint density at radius 2 is 1.78 bits per heavy atom. The molecule has 23 heavy (non-hydrogen) atoms. The third-order valence-corrected chi connectivity index (χ3v) is 4.22. The van der Waals surface area contributed by atoms with Gasteiger partial charge in [-0.3, -0.25) is 0 Å². The fraction of sp³-hybridized carbons (Fsp3) is 0.643. The summed E-state index contributed by atoms with van der Waals surface area (Å²) in [7, 11) is 0. The number of rotatable bonds is 2. The molecule has 0 radical (unpaired) electrons. The molecule has 1 saturated carbocycles. The molecule has 0 N–H and O–H groups in total. The Morgan fingerprint density at radius 1 is 1.17 bits per heavy atom. The predicted molar refractivity (Wildman–Crippen MR) is 65.0 cm³/mol. The van der Waals surface area contributed by atoms with E-state index in [4.69, 9.17) is 4.74 Å². The van der Waals surface area contributed by atoms with Crippen LogP contribution in [0.1, 0.15) is 48.7 Å². The number of fused-ring (bicyclic) bond motifs is 1. The second-order valence-corrected chi connectivity index (χ2v) is 5.94. The van der Waals surface area contributed by atoms with Gasteiger partial charge in [-0.05, 0) is 5.56 Å². The van der Waals surface area contributed by atoms with E-state index in [0.717, 1.165) is 6.92 Å². The Balaban J connectivity index is 2.00. The summed E-state index contributed by atoms with van der Waals surface area (Å²) in [5.74, 6) is -4.65. The molecule has 0 aliphatic heterocycles. The van der Waals surface area contributed by atoms with Crippen molar-refractivity contribution in [3.05, 3.63) is 23.0 Å². The molecule has 9 heteroatoms. The van der Waals surface area contributed by atoms with Gasteiger partial charge in [-0.25, -0.2) is 22.5 Å². The first-order valence-corrected chi connectivity index (χ1v) is 6.94. The number of nitrogens with zero attached hydrogens (tertiary/aromatic N) is 1. The average Bonchev–Trinajstić information content (AvgIpc) is 2.61. The van der Waals surface area contributed by atoms with E-state index in [1.54, 1.807) is 0 Å². The Morgan fingerprint density at radius 3 is 2.30 bits per heavy atom. The van der Waals surface area contributed by atoms with E-state index in [9.17, 15) is 30.7 Å². The number of hydrogen-bond acceptors (Lipinski definition) is 2. The van der Waals surface area contributed by atoms with Gasteiger partial charge < -0.3 is 4.74 Å². The summed E-state index contributed by atoms with van der Waals surface area (Å²) in [6.45, 7) is 1.13. The van der Waals surface area contributed by atoms with Crippen molar-refractivity contribution in [2.24, 2.45) is 0 Å². The van der Waals surface area contributed by atoms with Crippen molar-refractivity contribution in [3.8, 4) is 5.75 Å². The molecule has 0 aromatic carbocycles. The molecule has 0 spiro atoms. The van der Waals surface area contributed by atoms with Crippen molar-refractivity contribution in [1.29, 1.82) is 0 Å². The summed E-state index contributed by atoms with van der Waals surface area (Å²) in [6.07, 6.45) is -10.9. The molecule has 128 valence electrons. The molecule has 3 rings (SSSR count). The number of ether oxygens (including phenoxy) is 1. The molecule has 0 bridgehead atoms. The maximum atomic E-state index is 14.1.